The molecule has 1 amide bonds. The Labute approximate surface area is 168 Å². The molecule has 0 aliphatic carbocycles. The van der Waals surface area contributed by atoms with Crippen molar-refractivity contribution >= 4 is 18.1 Å². The maximum Gasteiger partial charge on any atom is 0.253 e. The summed E-state index contributed by atoms with van der Waals surface area (Å²) in [5.74, 6) is -0.0150. The van der Waals surface area contributed by atoms with Crippen molar-refractivity contribution in [3.8, 4) is 22.4 Å². The molecule has 2 N–H and O–H groups in total. The Kier molecular flexibility index (Phi) is 4.33. The van der Waals surface area contributed by atoms with Crippen LogP contribution in [0.2, 0.25) is 0 Å². The topological polar surface area (TPSA) is 70.9 Å². The van der Waals surface area contributed by atoms with E-state index in [-0.39, 0.29) is 5.91 Å². The molecule has 29 heavy (non-hydrogen) atoms. The van der Waals surface area contributed by atoms with Crippen molar-refractivity contribution in [1.82, 2.24) is 15.3 Å². The molecule has 1 aliphatic rings. The number of carbonyl (C=O) groups excluding carboxylic acids is 1. The van der Waals surface area contributed by atoms with Crippen LogP contribution in [0.5, 0.6) is 0 Å². The van der Waals surface area contributed by atoms with Crippen molar-refractivity contribution in [2.24, 2.45) is 0 Å². The first-order valence-corrected chi connectivity index (χ1v) is 9.54. The number of fused-ring (bicyclic) bond motifs is 1. The molecule has 5 rings (SSSR count). The number of aromatic amines is 1. The second-order valence-electron chi connectivity index (χ2n) is 6.98. The summed E-state index contributed by atoms with van der Waals surface area (Å²) >= 11 is 0. The van der Waals surface area contributed by atoms with Crippen LogP contribution >= 0.6 is 0 Å². The Morgan fingerprint density at radius 2 is 1.93 bits per heavy atom. The molecule has 0 spiro atoms. The van der Waals surface area contributed by atoms with Gasteiger partial charge in [0.05, 0.1) is 23.8 Å². The van der Waals surface area contributed by atoms with Crippen LogP contribution in [0.1, 0.15) is 27.3 Å². The molecule has 4 aromatic rings. The Bertz CT molecular complexity index is 1200. The summed E-state index contributed by atoms with van der Waals surface area (Å²) in [6.07, 6.45) is 10.1. The van der Waals surface area contributed by atoms with E-state index >= 15 is 0 Å². The zero-order valence-corrected chi connectivity index (χ0v) is 15.7. The fraction of sp³-hybridized carbons (Fsp3) is 0.0833. The molecule has 4 heterocycles. The molecule has 1 aromatic carbocycles. The van der Waals surface area contributed by atoms with Crippen LogP contribution in [-0.4, -0.2) is 22.4 Å². The van der Waals surface area contributed by atoms with Gasteiger partial charge in [-0.1, -0.05) is 30.3 Å². The van der Waals surface area contributed by atoms with Gasteiger partial charge >= 0.3 is 0 Å². The number of hydrogen-bond donors (Lipinski definition) is 2. The van der Waals surface area contributed by atoms with Gasteiger partial charge in [0.25, 0.3) is 5.91 Å². The molecule has 0 saturated carbocycles. The van der Waals surface area contributed by atoms with Gasteiger partial charge in [-0.15, -0.1) is 0 Å². The van der Waals surface area contributed by atoms with Crippen molar-refractivity contribution in [3.63, 3.8) is 0 Å². The van der Waals surface area contributed by atoms with Gasteiger partial charge in [0.1, 0.15) is 0 Å². The number of furan rings is 1. The number of benzene rings is 1. The van der Waals surface area contributed by atoms with E-state index in [2.05, 4.69) is 33.5 Å². The summed E-state index contributed by atoms with van der Waals surface area (Å²) in [5, 5.41) is 2.88. The van der Waals surface area contributed by atoms with Crippen molar-refractivity contribution in [3.05, 3.63) is 89.8 Å². The summed E-state index contributed by atoms with van der Waals surface area (Å²) in [6.45, 7) is 0.673. The first-order valence-electron chi connectivity index (χ1n) is 9.54. The van der Waals surface area contributed by atoms with Gasteiger partial charge < -0.3 is 14.7 Å². The number of H-pyrrole nitrogens is 1. The average molecular weight is 381 g/mol. The molecule has 142 valence electrons. The minimum Gasteiger partial charge on any atom is -0.472 e. The highest BCUT2D eigenvalue weighted by atomic mass is 16.3. The second kappa shape index (κ2) is 7.28. The first-order chi connectivity index (χ1) is 14.3. The highest BCUT2D eigenvalue weighted by Crippen LogP contribution is 2.27. The predicted molar refractivity (Wildman–Crippen MR) is 113 cm³/mol. The van der Waals surface area contributed by atoms with Crippen LogP contribution in [0.15, 0.2) is 71.7 Å². The molecular formula is C24H19N3O2. The maximum absolute atomic E-state index is 12.0. The summed E-state index contributed by atoms with van der Waals surface area (Å²) < 4.78 is 5.23. The van der Waals surface area contributed by atoms with Gasteiger partial charge in [-0.25, -0.2) is 0 Å². The molecule has 1 aliphatic heterocycles. The SMILES string of the molecule is O=C1NCCc2[nH]c(-c3ccnc(/C=C/c4ccccc4-c4ccoc4)c3)cc21. The third-order valence-electron chi connectivity index (χ3n) is 5.12. The van der Waals surface area contributed by atoms with E-state index in [1.807, 2.05) is 42.5 Å². The fourth-order valence-corrected chi connectivity index (χ4v) is 3.65. The molecule has 0 saturated heterocycles. The lowest BCUT2D eigenvalue weighted by molar-refractivity contribution is 0.0946. The summed E-state index contributed by atoms with van der Waals surface area (Å²) in [5.41, 5.74) is 7.75. The van der Waals surface area contributed by atoms with Crippen LogP contribution in [0.4, 0.5) is 0 Å². The van der Waals surface area contributed by atoms with Gasteiger partial charge in [0.15, 0.2) is 0 Å². The lowest BCUT2D eigenvalue weighted by atomic mass is 10.0. The lowest BCUT2D eigenvalue weighted by Gasteiger charge is -2.10. The van der Waals surface area contributed by atoms with Crippen molar-refractivity contribution in [2.45, 2.75) is 6.42 Å². The van der Waals surface area contributed by atoms with Crippen LogP contribution in [0, 0.1) is 0 Å². The van der Waals surface area contributed by atoms with E-state index in [9.17, 15) is 4.79 Å². The molecule has 5 nitrogen and oxygen atoms in total. The molecule has 0 fully saturated rings. The highest BCUT2D eigenvalue weighted by Gasteiger charge is 2.19. The monoisotopic (exact) mass is 381 g/mol. The zero-order valence-electron chi connectivity index (χ0n) is 15.7. The Morgan fingerprint density at radius 3 is 2.79 bits per heavy atom. The molecule has 5 heteroatoms. The maximum atomic E-state index is 12.0. The minimum atomic E-state index is -0.0150. The van der Waals surface area contributed by atoms with Crippen LogP contribution in [0.3, 0.4) is 0 Å². The van der Waals surface area contributed by atoms with Gasteiger partial charge in [-0.3, -0.25) is 9.78 Å². The van der Waals surface area contributed by atoms with Crippen molar-refractivity contribution in [1.29, 1.82) is 0 Å². The minimum absolute atomic E-state index is 0.0150. The number of carbonyl (C=O) groups is 1. The van der Waals surface area contributed by atoms with Crippen LogP contribution in [0.25, 0.3) is 34.5 Å². The van der Waals surface area contributed by atoms with Gasteiger partial charge in [-0.05, 0) is 41.5 Å². The van der Waals surface area contributed by atoms with Crippen molar-refractivity contribution in [2.75, 3.05) is 6.54 Å². The van der Waals surface area contributed by atoms with Crippen molar-refractivity contribution < 1.29 is 9.21 Å². The quantitative estimate of drug-likeness (QED) is 0.534. The van der Waals surface area contributed by atoms with E-state index in [0.717, 1.165) is 51.3 Å². The number of nitrogens with zero attached hydrogens (tertiary/aromatic N) is 1. The Morgan fingerprint density at radius 1 is 1.00 bits per heavy atom. The number of pyridine rings is 1. The number of amides is 1. The molecule has 0 atom stereocenters. The number of rotatable bonds is 4. The molecular weight excluding hydrogens is 362 g/mol. The fourth-order valence-electron chi connectivity index (χ4n) is 3.65. The molecule has 3 aromatic heterocycles. The largest absolute Gasteiger partial charge is 0.472 e. The molecule has 0 bridgehead atoms. The average Bonchev–Trinajstić information content (AvgIpc) is 3.43. The first kappa shape index (κ1) is 17.3. The third kappa shape index (κ3) is 3.38. The smallest absolute Gasteiger partial charge is 0.253 e. The number of nitrogens with one attached hydrogen (secondary N) is 2. The van der Waals surface area contributed by atoms with Crippen LogP contribution in [-0.2, 0) is 6.42 Å². The molecule has 0 unspecified atom stereocenters. The van der Waals surface area contributed by atoms with E-state index < -0.39 is 0 Å². The lowest BCUT2D eigenvalue weighted by Crippen LogP contribution is -2.31. The Balaban J connectivity index is 1.45. The summed E-state index contributed by atoms with van der Waals surface area (Å²) in [4.78, 5) is 19.9. The number of aromatic nitrogens is 2. The van der Waals surface area contributed by atoms with Crippen LogP contribution < -0.4 is 5.32 Å². The summed E-state index contributed by atoms with van der Waals surface area (Å²) in [6, 6.07) is 16.0. The standard InChI is InChI=1S/C24H19N3O2/c28-24-21-14-23(27-22(21)8-11-26-24)17-7-10-25-19(13-17)6-5-16-3-1-2-4-20(16)18-9-12-29-15-18/h1-7,9-10,12-15,27H,8,11H2,(H,26,28)/b6-5+. The predicted octanol–water partition coefficient (Wildman–Crippen LogP) is 4.79. The van der Waals surface area contributed by atoms with Gasteiger partial charge in [-0.2, -0.15) is 0 Å². The molecule has 0 radical (unpaired) electrons. The zero-order chi connectivity index (χ0) is 19.6. The number of hydrogen-bond acceptors (Lipinski definition) is 3. The van der Waals surface area contributed by atoms with Gasteiger partial charge in [0, 0.05) is 41.7 Å². The summed E-state index contributed by atoms with van der Waals surface area (Å²) in [7, 11) is 0. The van der Waals surface area contributed by atoms with E-state index in [1.165, 1.54) is 0 Å². The van der Waals surface area contributed by atoms with E-state index in [1.54, 1.807) is 18.7 Å². The van der Waals surface area contributed by atoms with E-state index in [0.29, 0.717) is 6.54 Å². The Hall–Kier alpha value is -3.86. The normalized spacial score (nSPS) is 13.4. The van der Waals surface area contributed by atoms with Gasteiger partial charge in [0.2, 0.25) is 0 Å². The third-order valence-corrected chi connectivity index (χ3v) is 5.12. The highest BCUT2D eigenvalue weighted by molar-refractivity contribution is 5.97. The second-order valence-corrected chi connectivity index (χ2v) is 6.98. The van der Waals surface area contributed by atoms with E-state index in [4.69, 9.17) is 4.42 Å².